The van der Waals surface area contributed by atoms with Crippen molar-refractivity contribution < 1.29 is 83.8 Å². The minimum absolute atomic E-state index is 0. The summed E-state index contributed by atoms with van der Waals surface area (Å²) >= 11 is 0. The molecule has 0 aromatic carbocycles. The molecule has 4 N–H and O–H groups in total. The van der Waals surface area contributed by atoms with Gasteiger partial charge in [-0.25, -0.2) is 18.0 Å². The molecule has 4 unspecified atom stereocenters. The zero-order valence-electron chi connectivity index (χ0n) is 38.3. The van der Waals surface area contributed by atoms with E-state index in [0.717, 1.165) is 31.9 Å². The van der Waals surface area contributed by atoms with E-state index in [9.17, 15) is 69.6 Å². The molecule has 0 bridgehead atoms. The first-order chi connectivity index (χ1) is 30.6. The average molecular weight is 998 g/mol. The number of hydrogen-bond acceptors (Lipinski definition) is 19. The van der Waals surface area contributed by atoms with Crippen LogP contribution < -0.4 is 16.0 Å². The summed E-state index contributed by atoms with van der Waals surface area (Å²) in [5.74, 6) is -7.28. The summed E-state index contributed by atoms with van der Waals surface area (Å²) in [6, 6.07) is -0.716. The number of amides is 7. The van der Waals surface area contributed by atoms with Gasteiger partial charge in [0.25, 0.3) is 33.7 Å². The lowest BCUT2D eigenvalue weighted by Gasteiger charge is -2.23. The van der Waals surface area contributed by atoms with Crippen molar-refractivity contribution in [2.45, 2.75) is 134 Å². The van der Waals surface area contributed by atoms with Gasteiger partial charge in [-0.3, -0.25) is 57.5 Å². The summed E-state index contributed by atoms with van der Waals surface area (Å²) in [5, 5.41) is 4.46. The van der Waals surface area contributed by atoms with E-state index in [2.05, 4.69) is 25.6 Å². The van der Waals surface area contributed by atoms with Crippen LogP contribution in [0.1, 0.15) is 111 Å². The molecule has 7 amide bonds. The molecule has 2 rings (SSSR count). The largest absolute Gasteiger partial charge is 0.356 e. The number of carbonyl (C=O) groups excluding carboxylic acids is 11. The smallest absolute Gasteiger partial charge is 0.334 e. The molecule has 2 aliphatic heterocycles. The predicted octanol–water partition coefficient (Wildman–Crippen LogP) is -1.22. The van der Waals surface area contributed by atoms with E-state index in [1.807, 2.05) is 0 Å². The lowest BCUT2D eigenvalue weighted by Crippen LogP contribution is -2.38. The molecule has 0 aromatic rings. The van der Waals surface area contributed by atoms with Crippen molar-refractivity contribution >= 4 is 84.8 Å². The molecular weight excluding hydrogens is 931 g/mol. The fourth-order valence-corrected chi connectivity index (χ4v) is 8.07. The van der Waals surface area contributed by atoms with Crippen LogP contribution in [0.5, 0.6) is 0 Å². The van der Waals surface area contributed by atoms with Crippen molar-refractivity contribution in [2.75, 3.05) is 54.1 Å². The van der Waals surface area contributed by atoms with Crippen LogP contribution in [-0.4, -0.2) is 183 Å². The molecular formula is C40H67N7O18S2. The Balaban J connectivity index is 0.00000129. The first kappa shape index (κ1) is 61.8. The standard InChI is InChI=1S/C21H34N4O9S.C18H29N3O9S.CH4/c1-14(26)22-11-6-5-7-15(24(2)3)16(27)8-9-18(28)23-12-10-20(30)34-25-19(29)13-17(21(25)31)35(4,32)33;1-12(22)19-10-5-4-7-13(20(2)3)14(23)8-6-9-17(25)30-21-16(24)11-15(18(21)26)31(27,28)29;/h15,17H,5-13H2,1-4H3,(H,22,26)(H,23,28);13,15H,4-11H2,1-3H3,(H,19,22)(H,27,28,29);1H4. The summed E-state index contributed by atoms with van der Waals surface area (Å²) in [6.07, 6.45) is 2.99. The first-order valence-corrected chi connectivity index (χ1v) is 24.5. The number of Topliss-reactive ketones (excluding diaryl/α,β-unsaturated/α-hetero) is 2. The summed E-state index contributed by atoms with van der Waals surface area (Å²) in [7, 11) is -1.53. The second-order valence-electron chi connectivity index (χ2n) is 16.0. The van der Waals surface area contributed by atoms with E-state index < -0.39 is 84.8 Å². The Bertz CT molecular complexity index is 2030. The molecule has 25 nitrogen and oxygen atoms in total. The third-order valence-electron chi connectivity index (χ3n) is 9.99. The van der Waals surface area contributed by atoms with Gasteiger partial charge < -0.3 is 25.6 Å². The van der Waals surface area contributed by atoms with Crippen molar-refractivity contribution in [3.05, 3.63) is 0 Å². The predicted molar refractivity (Wildman–Crippen MR) is 237 cm³/mol. The third-order valence-corrected chi connectivity index (χ3v) is 12.5. The van der Waals surface area contributed by atoms with Crippen LogP contribution in [-0.2, 0) is 82.4 Å². The third kappa shape index (κ3) is 22.9. The second-order valence-corrected chi connectivity index (χ2v) is 19.8. The number of carbonyl (C=O) groups is 11. The van der Waals surface area contributed by atoms with E-state index in [1.165, 1.54) is 13.8 Å². The molecule has 67 heavy (non-hydrogen) atoms. The quantitative estimate of drug-likeness (QED) is 0.0405. The lowest BCUT2D eigenvalue weighted by molar-refractivity contribution is -0.197. The normalized spacial score (nSPS) is 17.0. The minimum atomic E-state index is -4.79. The summed E-state index contributed by atoms with van der Waals surface area (Å²) in [5.41, 5.74) is 0. The van der Waals surface area contributed by atoms with Gasteiger partial charge in [-0.15, -0.1) is 10.1 Å². The van der Waals surface area contributed by atoms with E-state index in [4.69, 9.17) is 4.55 Å². The van der Waals surface area contributed by atoms with Crippen LogP contribution in [0.3, 0.4) is 0 Å². The van der Waals surface area contributed by atoms with Gasteiger partial charge in [0.15, 0.2) is 20.3 Å². The number of sulfone groups is 1. The van der Waals surface area contributed by atoms with Gasteiger partial charge in [0.05, 0.1) is 31.3 Å². The molecule has 0 aliphatic carbocycles. The lowest BCUT2D eigenvalue weighted by atomic mass is 10.00. The summed E-state index contributed by atoms with van der Waals surface area (Å²) in [6.45, 7) is 3.78. The van der Waals surface area contributed by atoms with Crippen LogP contribution >= 0.6 is 0 Å². The number of rotatable bonds is 28. The molecule has 0 saturated carbocycles. The molecule has 2 saturated heterocycles. The van der Waals surface area contributed by atoms with Crippen LogP contribution in [0.15, 0.2) is 0 Å². The van der Waals surface area contributed by atoms with Gasteiger partial charge in [-0.05, 0) is 73.1 Å². The molecule has 4 atom stereocenters. The molecule has 27 heteroatoms. The molecule has 0 aromatic heterocycles. The molecule has 2 aliphatic rings. The highest BCUT2D eigenvalue weighted by Crippen LogP contribution is 2.22. The van der Waals surface area contributed by atoms with Crippen LogP contribution in [0.2, 0.25) is 0 Å². The Hall–Kier alpha value is -5.25. The Morgan fingerprint density at radius 3 is 1.42 bits per heavy atom. The van der Waals surface area contributed by atoms with Crippen LogP contribution in [0, 0.1) is 0 Å². The van der Waals surface area contributed by atoms with Gasteiger partial charge in [0.2, 0.25) is 17.7 Å². The number of nitrogens with zero attached hydrogens (tertiary/aromatic N) is 4. The Labute approximate surface area is 391 Å². The maximum atomic E-state index is 12.5. The van der Waals surface area contributed by atoms with E-state index >= 15 is 0 Å². The number of imide groups is 2. The van der Waals surface area contributed by atoms with Crippen molar-refractivity contribution in [1.29, 1.82) is 0 Å². The number of unbranched alkanes of at least 4 members (excludes halogenated alkanes) is 2. The summed E-state index contributed by atoms with van der Waals surface area (Å²) < 4.78 is 54.2. The highest BCUT2D eigenvalue weighted by Gasteiger charge is 2.49. The highest BCUT2D eigenvalue weighted by atomic mass is 32.2. The monoisotopic (exact) mass is 997 g/mol. The van der Waals surface area contributed by atoms with Crippen LogP contribution in [0.4, 0.5) is 0 Å². The molecule has 2 fully saturated rings. The van der Waals surface area contributed by atoms with E-state index in [0.29, 0.717) is 25.9 Å². The minimum Gasteiger partial charge on any atom is -0.356 e. The number of hydrogen-bond donors (Lipinski definition) is 4. The fraction of sp³-hybridized carbons (Fsp3) is 0.725. The fourth-order valence-electron chi connectivity index (χ4n) is 6.46. The zero-order valence-corrected chi connectivity index (χ0v) is 40.0. The SMILES string of the molecule is C.CC(=O)NCCCCC(C(=O)CCC(=O)NCCC(=O)ON1C(=O)CC(S(C)(=O)=O)C1=O)N(C)C.CC(=O)NCCCCC(C(=O)CCCC(=O)ON1C(=O)CC(S(=O)(=O)O)C1=O)N(C)C. The van der Waals surface area contributed by atoms with Gasteiger partial charge >= 0.3 is 11.9 Å². The van der Waals surface area contributed by atoms with Gasteiger partial charge in [0, 0.05) is 65.4 Å². The number of nitrogens with one attached hydrogen (secondary N) is 3. The van der Waals surface area contributed by atoms with E-state index in [-0.39, 0.29) is 98.1 Å². The Morgan fingerprint density at radius 1 is 0.612 bits per heavy atom. The second kappa shape index (κ2) is 29.5. The van der Waals surface area contributed by atoms with Gasteiger partial charge in [0.1, 0.15) is 11.6 Å². The molecule has 382 valence electrons. The average Bonchev–Trinajstić information content (AvgIpc) is 3.65. The summed E-state index contributed by atoms with van der Waals surface area (Å²) in [4.78, 5) is 143. The Kier molecular flexibility index (Phi) is 27.2. The number of likely N-dealkylation sites (N-methyl/N-ethyl adjacent to an activating group) is 2. The van der Waals surface area contributed by atoms with Gasteiger partial charge in [-0.2, -0.15) is 8.42 Å². The van der Waals surface area contributed by atoms with E-state index in [1.54, 1.807) is 38.0 Å². The topological polar surface area (TPSA) is 344 Å². The number of hydroxylamine groups is 4. The maximum absolute atomic E-state index is 12.5. The van der Waals surface area contributed by atoms with Crippen LogP contribution in [0.25, 0.3) is 0 Å². The zero-order chi connectivity index (χ0) is 50.5. The molecule has 2 heterocycles. The van der Waals surface area contributed by atoms with Crippen molar-refractivity contribution in [2.24, 2.45) is 0 Å². The molecule has 0 radical (unpaired) electrons. The Morgan fingerprint density at radius 2 is 1.03 bits per heavy atom. The van der Waals surface area contributed by atoms with Crippen molar-refractivity contribution in [3.8, 4) is 0 Å². The first-order valence-electron chi connectivity index (χ1n) is 21.0. The van der Waals surface area contributed by atoms with Crippen molar-refractivity contribution in [1.82, 2.24) is 35.9 Å². The van der Waals surface area contributed by atoms with Gasteiger partial charge in [-0.1, -0.05) is 7.43 Å². The molecule has 0 spiro atoms. The van der Waals surface area contributed by atoms with Crippen molar-refractivity contribution in [3.63, 3.8) is 0 Å². The highest BCUT2D eigenvalue weighted by molar-refractivity contribution is 7.92. The number of ketones is 2. The maximum Gasteiger partial charge on any atom is 0.334 e.